The molecule has 0 amide bonds. The van der Waals surface area contributed by atoms with Gasteiger partial charge in [0.1, 0.15) is 6.54 Å². The monoisotopic (exact) mass is 391 g/mol. The zero-order valence-electron chi connectivity index (χ0n) is 12.8. The van der Waals surface area contributed by atoms with Crippen molar-refractivity contribution in [3.8, 4) is 0 Å². The minimum atomic E-state index is -4.78. The number of hydrogen-bond acceptors (Lipinski definition) is 3. The smallest absolute Gasteiger partial charge is 0.381 e. The van der Waals surface area contributed by atoms with E-state index in [-0.39, 0.29) is 26.1 Å². The molecule has 25 heavy (non-hydrogen) atoms. The molecule has 1 aliphatic heterocycles. The Kier molecular flexibility index (Phi) is 5.69. The van der Waals surface area contributed by atoms with Gasteiger partial charge in [-0.25, -0.2) is 8.42 Å². The van der Waals surface area contributed by atoms with Gasteiger partial charge in [-0.2, -0.15) is 30.6 Å². The molecule has 0 atom stereocenters. The van der Waals surface area contributed by atoms with Crippen LogP contribution in [0.4, 0.5) is 26.3 Å². The summed E-state index contributed by atoms with van der Waals surface area (Å²) in [5.74, 6) is 0. The molecule has 1 fully saturated rings. The van der Waals surface area contributed by atoms with E-state index in [0.29, 0.717) is 28.6 Å². The second-order valence-corrected chi connectivity index (χ2v) is 7.42. The van der Waals surface area contributed by atoms with Crippen LogP contribution in [0.15, 0.2) is 29.2 Å². The third-order valence-corrected chi connectivity index (χ3v) is 5.63. The zero-order valence-corrected chi connectivity index (χ0v) is 13.6. The lowest BCUT2D eigenvalue weighted by Gasteiger charge is -2.33. The van der Waals surface area contributed by atoms with Crippen LogP contribution in [0.1, 0.15) is 18.4 Å². The fourth-order valence-corrected chi connectivity index (χ4v) is 4.18. The van der Waals surface area contributed by atoms with Crippen LogP contribution in [0, 0.1) is 0 Å². The average Bonchev–Trinajstić information content (AvgIpc) is 2.52. The van der Waals surface area contributed by atoms with Gasteiger partial charge in [0.15, 0.2) is 0 Å². The quantitative estimate of drug-likeness (QED) is 0.739. The van der Waals surface area contributed by atoms with Crippen molar-refractivity contribution in [2.24, 2.45) is 0 Å². The Bertz CT molecular complexity index is 678. The number of sulfonamides is 1. The standard InChI is InChI=1S/C14H15F6NO3S/c15-13(16,17)9-21(11-5-7-24-8-6-11)25(22,23)12-3-1-10(2-4-12)14(18,19)20/h1-4,11H,5-9H2. The average molecular weight is 391 g/mol. The Hall–Kier alpha value is -1.33. The number of halogens is 6. The Morgan fingerprint density at radius 1 is 1.00 bits per heavy atom. The van der Waals surface area contributed by atoms with Crippen LogP contribution in [0.25, 0.3) is 0 Å². The van der Waals surface area contributed by atoms with Crippen LogP contribution in [0.2, 0.25) is 0 Å². The van der Waals surface area contributed by atoms with E-state index >= 15 is 0 Å². The number of alkyl halides is 6. The molecule has 0 spiro atoms. The molecule has 1 saturated heterocycles. The van der Waals surface area contributed by atoms with Gasteiger partial charge in [-0.05, 0) is 37.1 Å². The predicted octanol–water partition coefficient (Wildman–Crippen LogP) is 3.44. The molecule has 1 aromatic carbocycles. The molecule has 4 nitrogen and oxygen atoms in total. The fourth-order valence-electron chi connectivity index (χ4n) is 2.51. The summed E-state index contributed by atoms with van der Waals surface area (Å²) in [6.45, 7) is -1.48. The summed E-state index contributed by atoms with van der Waals surface area (Å²) in [5, 5.41) is 0. The highest BCUT2D eigenvalue weighted by Crippen LogP contribution is 2.32. The van der Waals surface area contributed by atoms with Crippen molar-refractivity contribution in [1.29, 1.82) is 0 Å². The van der Waals surface area contributed by atoms with Crippen LogP contribution in [-0.2, 0) is 20.9 Å². The summed E-state index contributed by atoms with van der Waals surface area (Å²) >= 11 is 0. The molecule has 0 bridgehead atoms. The Morgan fingerprint density at radius 2 is 1.52 bits per heavy atom. The lowest BCUT2D eigenvalue weighted by atomic mass is 10.1. The molecule has 0 aliphatic carbocycles. The maximum Gasteiger partial charge on any atom is 0.416 e. The molecule has 0 N–H and O–H groups in total. The summed E-state index contributed by atoms with van der Waals surface area (Å²) in [4.78, 5) is -0.615. The molecule has 11 heteroatoms. The first-order chi connectivity index (χ1) is 11.4. The molecular weight excluding hydrogens is 376 g/mol. The van der Waals surface area contributed by atoms with Crippen LogP contribution in [-0.4, -0.2) is 44.7 Å². The Balaban J connectivity index is 2.36. The number of rotatable bonds is 4. The van der Waals surface area contributed by atoms with Gasteiger partial charge in [-0.1, -0.05) is 0 Å². The van der Waals surface area contributed by atoms with Gasteiger partial charge in [0.25, 0.3) is 0 Å². The van der Waals surface area contributed by atoms with Gasteiger partial charge in [-0.3, -0.25) is 0 Å². The van der Waals surface area contributed by atoms with E-state index in [9.17, 15) is 34.8 Å². The van der Waals surface area contributed by atoms with Crippen molar-refractivity contribution in [2.45, 2.75) is 36.1 Å². The number of ether oxygens (including phenoxy) is 1. The van der Waals surface area contributed by atoms with E-state index in [1.165, 1.54) is 0 Å². The fraction of sp³-hybridized carbons (Fsp3) is 0.571. The molecule has 1 aromatic rings. The van der Waals surface area contributed by atoms with Gasteiger partial charge in [0.05, 0.1) is 10.5 Å². The SMILES string of the molecule is O=S(=O)(c1ccc(C(F)(F)F)cc1)N(CC(F)(F)F)C1CCOCC1. The van der Waals surface area contributed by atoms with Crippen molar-refractivity contribution >= 4 is 10.0 Å². The zero-order chi connectivity index (χ0) is 18.9. The third-order valence-electron chi connectivity index (χ3n) is 3.72. The highest BCUT2D eigenvalue weighted by Gasteiger charge is 2.41. The van der Waals surface area contributed by atoms with E-state index in [2.05, 4.69) is 0 Å². The summed E-state index contributed by atoms with van der Waals surface area (Å²) in [6.07, 6.45) is -9.29. The van der Waals surface area contributed by atoms with Crippen LogP contribution in [0.3, 0.4) is 0 Å². The van der Waals surface area contributed by atoms with Crippen molar-refractivity contribution in [1.82, 2.24) is 4.31 Å². The first kappa shape index (κ1) is 20.0. The summed E-state index contributed by atoms with van der Waals surface area (Å²) in [7, 11) is -4.61. The van der Waals surface area contributed by atoms with E-state index < -0.39 is 45.4 Å². The largest absolute Gasteiger partial charge is 0.416 e. The highest BCUT2D eigenvalue weighted by atomic mass is 32.2. The normalized spacial score (nSPS) is 17.9. The van der Waals surface area contributed by atoms with Gasteiger partial charge in [0, 0.05) is 19.3 Å². The summed E-state index contributed by atoms with van der Waals surface area (Å²) in [5.41, 5.74) is -1.08. The van der Waals surface area contributed by atoms with E-state index in [4.69, 9.17) is 4.74 Å². The minimum Gasteiger partial charge on any atom is -0.381 e. The topological polar surface area (TPSA) is 46.6 Å². The van der Waals surface area contributed by atoms with Crippen LogP contribution in [0.5, 0.6) is 0 Å². The van der Waals surface area contributed by atoms with Crippen molar-refractivity contribution in [3.05, 3.63) is 29.8 Å². The Labute approximate surface area is 140 Å². The summed E-state index contributed by atoms with van der Waals surface area (Å²) < 4.78 is 107. The number of benzene rings is 1. The van der Waals surface area contributed by atoms with Crippen LogP contribution >= 0.6 is 0 Å². The van der Waals surface area contributed by atoms with Gasteiger partial charge in [0.2, 0.25) is 10.0 Å². The molecular formula is C14H15F6NO3S. The number of hydrogen-bond donors (Lipinski definition) is 0. The highest BCUT2D eigenvalue weighted by molar-refractivity contribution is 7.89. The maximum absolute atomic E-state index is 12.8. The van der Waals surface area contributed by atoms with Crippen molar-refractivity contribution < 1.29 is 39.5 Å². The lowest BCUT2D eigenvalue weighted by Crippen LogP contribution is -2.47. The number of nitrogens with zero attached hydrogens (tertiary/aromatic N) is 1. The summed E-state index contributed by atoms with van der Waals surface area (Å²) in [6, 6.07) is 1.47. The first-order valence-electron chi connectivity index (χ1n) is 7.25. The maximum atomic E-state index is 12.8. The van der Waals surface area contributed by atoms with Crippen molar-refractivity contribution in [2.75, 3.05) is 19.8 Å². The van der Waals surface area contributed by atoms with Gasteiger partial charge in [-0.15, -0.1) is 0 Å². The van der Waals surface area contributed by atoms with Gasteiger partial charge >= 0.3 is 12.4 Å². The van der Waals surface area contributed by atoms with E-state index in [1.807, 2.05) is 0 Å². The molecule has 0 radical (unpaired) electrons. The second-order valence-electron chi connectivity index (χ2n) is 5.53. The van der Waals surface area contributed by atoms with Crippen molar-refractivity contribution in [3.63, 3.8) is 0 Å². The van der Waals surface area contributed by atoms with Gasteiger partial charge < -0.3 is 4.74 Å². The van der Waals surface area contributed by atoms with E-state index in [0.717, 1.165) is 0 Å². The molecule has 1 aliphatic rings. The molecule has 142 valence electrons. The molecule has 0 unspecified atom stereocenters. The third kappa shape index (κ3) is 5.08. The second kappa shape index (κ2) is 7.12. The van der Waals surface area contributed by atoms with E-state index in [1.54, 1.807) is 0 Å². The molecule has 0 aromatic heterocycles. The lowest BCUT2D eigenvalue weighted by molar-refractivity contribution is -0.141. The Morgan fingerprint density at radius 3 is 1.96 bits per heavy atom. The molecule has 2 rings (SSSR count). The minimum absolute atomic E-state index is 0.0793. The molecule has 1 heterocycles. The predicted molar refractivity (Wildman–Crippen MR) is 75.2 cm³/mol. The van der Waals surface area contributed by atoms with Crippen LogP contribution < -0.4 is 0 Å². The first-order valence-corrected chi connectivity index (χ1v) is 8.69. The molecule has 0 saturated carbocycles.